The lowest BCUT2D eigenvalue weighted by atomic mass is 9.78. The molecule has 2 heterocycles. The number of aromatic amines is 1. The molecule has 9 nitrogen and oxygen atoms in total. The molecule has 0 saturated heterocycles. The zero-order valence-corrected chi connectivity index (χ0v) is 27.1. The number of H-pyrrole nitrogens is 1. The Kier molecular flexibility index (Phi) is 10.6. The van der Waals surface area contributed by atoms with Crippen LogP contribution in [0.15, 0.2) is 48.0 Å². The number of carbonyl (C=O) groups excluding carboxylic acids is 4. The van der Waals surface area contributed by atoms with Crippen LogP contribution in [0.3, 0.4) is 0 Å². The van der Waals surface area contributed by atoms with Crippen LogP contribution < -0.4 is 5.32 Å². The van der Waals surface area contributed by atoms with Gasteiger partial charge in [0.2, 0.25) is 5.91 Å². The van der Waals surface area contributed by atoms with E-state index in [-0.39, 0.29) is 56.6 Å². The fourth-order valence-corrected chi connectivity index (χ4v) is 6.79. The second-order valence-electron chi connectivity index (χ2n) is 11.3. The summed E-state index contributed by atoms with van der Waals surface area (Å²) in [6.07, 6.45) is 3.18. The van der Waals surface area contributed by atoms with E-state index in [0.717, 1.165) is 33.5 Å². The molecule has 1 aromatic heterocycles. The highest BCUT2D eigenvalue weighted by Crippen LogP contribution is 2.51. The number of aromatic nitrogens is 1. The van der Waals surface area contributed by atoms with Gasteiger partial charge >= 0.3 is 17.9 Å². The number of benzene rings is 2. The largest absolute Gasteiger partial charge is 0.466 e. The second-order valence-corrected chi connectivity index (χ2v) is 11.7. The number of amides is 1. The fourth-order valence-electron chi connectivity index (χ4n) is 6.57. The van der Waals surface area contributed by atoms with Crippen LogP contribution in [0.1, 0.15) is 88.6 Å². The first-order valence-electron chi connectivity index (χ1n) is 15.8. The zero-order valence-electron chi connectivity index (χ0n) is 26.4. The number of halogens is 1. The van der Waals surface area contributed by atoms with Gasteiger partial charge in [0.1, 0.15) is 5.69 Å². The SMILES string of the molecule is CCOC(=O)CCc1c(C(=O)OCC)[nH]c(CC2=Cc3ccccc3C2C2C(=O)Nc3ccc(CCCl)cc32)c1CC(=O)OCC. The molecule has 0 spiro atoms. The Balaban J connectivity index is 1.59. The number of rotatable bonds is 14. The highest BCUT2D eigenvalue weighted by molar-refractivity contribution is 6.18. The van der Waals surface area contributed by atoms with Crippen LogP contribution in [0, 0.1) is 0 Å². The van der Waals surface area contributed by atoms with Gasteiger partial charge in [0.25, 0.3) is 0 Å². The lowest BCUT2D eigenvalue weighted by molar-refractivity contribution is -0.143. The normalized spacial score (nSPS) is 16.3. The van der Waals surface area contributed by atoms with Crippen LogP contribution in [0.25, 0.3) is 6.08 Å². The molecule has 46 heavy (non-hydrogen) atoms. The van der Waals surface area contributed by atoms with E-state index in [2.05, 4.69) is 22.4 Å². The lowest BCUT2D eigenvalue weighted by Crippen LogP contribution is -2.21. The summed E-state index contributed by atoms with van der Waals surface area (Å²) in [6.45, 7) is 5.77. The third-order valence-corrected chi connectivity index (χ3v) is 8.65. The number of hydrogen-bond donors (Lipinski definition) is 2. The van der Waals surface area contributed by atoms with Crippen molar-refractivity contribution in [3.63, 3.8) is 0 Å². The molecule has 0 bridgehead atoms. The third-order valence-electron chi connectivity index (χ3n) is 8.46. The number of esters is 3. The second kappa shape index (κ2) is 14.8. The van der Waals surface area contributed by atoms with Crippen LogP contribution in [-0.4, -0.2) is 54.5 Å². The number of carbonyl (C=O) groups is 4. The van der Waals surface area contributed by atoms with E-state index in [1.54, 1.807) is 20.8 Å². The standard InChI is InChI=1S/C36H39ClN2O7/c1-4-44-30(40)14-12-25-26(20-31(41)45-5-2)29(38-34(25)36(43)46-6-3)19-23-18-22-9-7-8-10-24(22)32(23)33-27-17-21(15-16-37)11-13-28(27)39-35(33)42/h7-11,13,17-18,32-33,38H,4-6,12,14-16,19-20H2,1-3H3,(H,39,42). The molecule has 2 N–H and O–H groups in total. The van der Waals surface area contributed by atoms with E-state index in [0.29, 0.717) is 35.5 Å². The Morgan fingerprint density at radius 2 is 1.59 bits per heavy atom. The minimum absolute atomic E-state index is 0.0216. The summed E-state index contributed by atoms with van der Waals surface area (Å²) in [5.41, 5.74) is 7.68. The molecule has 3 aromatic rings. The van der Waals surface area contributed by atoms with Gasteiger partial charge in [-0.2, -0.15) is 0 Å². The highest BCUT2D eigenvalue weighted by Gasteiger charge is 2.42. The predicted molar refractivity (Wildman–Crippen MR) is 175 cm³/mol. The van der Waals surface area contributed by atoms with Gasteiger partial charge in [-0.1, -0.05) is 48.0 Å². The molecular weight excluding hydrogens is 608 g/mol. The Morgan fingerprint density at radius 1 is 0.848 bits per heavy atom. The van der Waals surface area contributed by atoms with Gasteiger partial charge in [-0.05, 0) is 73.1 Å². The molecular formula is C36H39ClN2O7. The van der Waals surface area contributed by atoms with Crippen LogP contribution in [0.5, 0.6) is 0 Å². The number of nitrogens with one attached hydrogen (secondary N) is 2. The molecule has 2 aliphatic rings. The quantitative estimate of drug-likeness (QED) is 0.124. The summed E-state index contributed by atoms with van der Waals surface area (Å²) >= 11 is 6.06. The Morgan fingerprint density at radius 3 is 2.33 bits per heavy atom. The summed E-state index contributed by atoms with van der Waals surface area (Å²) in [7, 11) is 0. The summed E-state index contributed by atoms with van der Waals surface area (Å²) in [5, 5.41) is 3.07. The Bertz CT molecular complexity index is 1670. The molecule has 2 unspecified atom stereocenters. The Labute approximate surface area is 273 Å². The molecule has 2 aromatic carbocycles. The smallest absolute Gasteiger partial charge is 0.355 e. The monoisotopic (exact) mass is 646 g/mol. The average molecular weight is 647 g/mol. The van der Waals surface area contributed by atoms with Crippen LogP contribution in [-0.2, 0) is 54.3 Å². The molecule has 0 radical (unpaired) electrons. The minimum Gasteiger partial charge on any atom is -0.466 e. The zero-order chi connectivity index (χ0) is 32.8. The molecule has 1 aliphatic carbocycles. The number of fused-ring (bicyclic) bond motifs is 2. The molecule has 242 valence electrons. The van der Waals surface area contributed by atoms with Crippen molar-refractivity contribution in [2.75, 3.05) is 31.0 Å². The maximum absolute atomic E-state index is 13.7. The maximum atomic E-state index is 13.7. The number of alkyl halides is 1. The van der Waals surface area contributed by atoms with Gasteiger partial charge in [0.05, 0.1) is 32.2 Å². The molecule has 10 heteroatoms. The van der Waals surface area contributed by atoms with Gasteiger partial charge in [-0.25, -0.2) is 4.79 Å². The van der Waals surface area contributed by atoms with Gasteiger partial charge in [0, 0.05) is 36.0 Å². The number of anilines is 1. The molecule has 5 rings (SSSR count). The van der Waals surface area contributed by atoms with E-state index < -0.39 is 23.8 Å². The van der Waals surface area contributed by atoms with Crippen molar-refractivity contribution < 1.29 is 33.4 Å². The van der Waals surface area contributed by atoms with Crippen molar-refractivity contribution in [1.82, 2.24) is 4.98 Å². The number of hydrogen-bond acceptors (Lipinski definition) is 7. The first-order chi connectivity index (χ1) is 22.3. The van der Waals surface area contributed by atoms with Gasteiger partial charge in [-0.3, -0.25) is 14.4 Å². The van der Waals surface area contributed by atoms with E-state index >= 15 is 0 Å². The fraction of sp³-hybridized carbons (Fsp3) is 0.389. The molecule has 0 fully saturated rings. The number of allylic oxidation sites excluding steroid dienone is 1. The molecule has 0 saturated carbocycles. The van der Waals surface area contributed by atoms with Crippen molar-refractivity contribution in [2.45, 2.75) is 64.7 Å². The number of ether oxygens (including phenoxy) is 3. The van der Waals surface area contributed by atoms with E-state index in [1.807, 2.05) is 36.4 Å². The van der Waals surface area contributed by atoms with Crippen LogP contribution in [0.2, 0.25) is 0 Å². The molecule has 1 aliphatic heterocycles. The van der Waals surface area contributed by atoms with Crippen molar-refractivity contribution in [1.29, 1.82) is 0 Å². The summed E-state index contributed by atoms with van der Waals surface area (Å²) in [6, 6.07) is 14.0. The van der Waals surface area contributed by atoms with Crippen molar-refractivity contribution in [2.24, 2.45) is 0 Å². The van der Waals surface area contributed by atoms with Crippen molar-refractivity contribution in [3.8, 4) is 0 Å². The van der Waals surface area contributed by atoms with Crippen LogP contribution >= 0.6 is 11.6 Å². The van der Waals surface area contributed by atoms with Crippen molar-refractivity contribution in [3.05, 3.63) is 92.8 Å². The molecule has 2 atom stereocenters. The van der Waals surface area contributed by atoms with Crippen molar-refractivity contribution >= 4 is 47.2 Å². The summed E-state index contributed by atoms with van der Waals surface area (Å²) in [5.74, 6) is -1.84. The first-order valence-corrected chi connectivity index (χ1v) is 16.3. The maximum Gasteiger partial charge on any atom is 0.355 e. The Hall–Kier alpha value is -4.37. The molecule has 1 amide bonds. The van der Waals surface area contributed by atoms with E-state index in [9.17, 15) is 19.2 Å². The lowest BCUT2D eigenvalue weighted by Gasteiger charge is -2.23. The van der Waals surface area contributed by atoms with Gasteiger partial charge in [0.15, 0.2) is 0 Å². The van der Waals surface area contributed by atoms with Crippen LogP contribution in [0.4, 0.5) is 5.69 Å². The van der Waals surface area contributed by atoms with Gasteiger partial charge < -0.3 is 24.5 Å². The van der Waals surface area contributed by atoms with E-state index in [4.69, 9.17) is 25.8 Å². The predicted octanol–water partition coefficient (Wildman–Crippen LogP) is 6.03. The van der Waals surface area contributed by atoms with E-state index in [1.165, 1.54) is 0 Å². The minimum atomic E-state index is -0.575. The third kappa shape index (κ3) is 6.89. The summed E-state index contributed by atoms with van der Waals surface area (Å²) in [4.78, 5) is 55.4. The highest BCUT2D eigenvalue weighted by atomic mass is 35.5. The topological polar surface area (TPSA) is 124 Å². The summed E-state index contributed by atoms with van der Waals surface area (Å²) < 4.78 is 15.8. The average Bonchev–Trinajstić information content (AvgIpc) is 3.66. The van der Waals surface area contributed by atoms with Gasteiger partial charge in [-0.15, -0.1) is 11.6 Å². The number of aryl methyl sites for hydroxylation is 1. The first kappa shape index (κ1) is 33.0.